The van der Waals surface area contributed by atoms with Crippen LogP contribution in [0.3, 0.4) is 0 Å². The Morgan fingerprint density at radius 3 is 2.19 bits per heavy atom. The topological polar surface area (TPSA) is 48.0 Å². The van der Waals surface area contributed by atoms with Gasteiger partial charge in [-0.05, 0) is 17.7 Å². The van der Waals surface area contributed by atoms with Crippen molar-refractivity contribution in [2.75, 3.05) is 34.4 Å². The number of likely N-dealkylation sites (tertiary alicyclic amines) is 1. The first-order chi connectivity index (χ1) is 12.7. The molecule has 0 unspecified atom stereocenters. The number of hydrogen-bond donors (Lipinski definition) is 0. The zero-order valence-electron chi connectivity index (χ0n) is 15.5. The zero-order valence-corrected chi connectivity index (χ0v) is 15.5. The minimum absolute atomic E-state index is 0.0442. The largest absolute Gasteiger partial charge is 0.496 e. The molecular weight excluding hydrogens is 330 g/mol. The van der Waals surface area contributed by atoms with Gasteiger partial charge in [0, 0.05) is 31.1 Å². The fourth-order valence-electron chi connectivity index (χ4n) is 3.78. The van der Waals surface area contributed by atoms with E-state index in [1.54, 1.807) is 14.2 Å². The van der Waals surface area contributed by atoms with Gasteiger partial charge in [0.2, 0.25) is 0 Å². The fraction of sp³-hybridized carbons (Fsp3) is 0.381. The maximum atomic E-state index is 12.5. The van der Waals surface area contributed by atoms with Crippen LogP contribution in [-0.2, 0) is 16.1 Å². The van der Waals surface area contributed by atoms with Gasteiger partial charge < -0.3 is 14.2 Å². The first kappa shape index (κ1) is 18.3. The van der Waals surface area contributed by atoms with Crippen molar-refractivity contribution >= 4 is 5.97 Å². The molecule has 3 rings (SSSR count). The van der Waals surface area contributed by atoms with E-state index in [1.165, 1.54) is 12.7 Å². The van der Waals surface area contributed by atoms with Crippen molar-refractivity contribution < 1.29 is 19.0 Å². The van der Waals surface area contributed by atoms with Crippen LogP contribution in [0.15, 0.2) is 48.5 Å². The standard InChI is InChI=1S/C21H25NO4/c1-24-18-10-7-11-19(25-2)20(18)16-13-22(14-17(16)21(23)26-3)12-15-8-5-4-6-9-15/h4-11,16-17H,12-14H2,1-3H3/t16-,17-/m0/s1. The summed E-state index contributed by atoms with van der Waals surface area (Å²) in [6, 6.07) is 16.0. The van der Waals surface area contributed by atoms with Gasteiger partial charge in [-0.25, -0.2) is 0 Å². The van der Waals surface area contributed by atoms with Gasteiger partial charge in [-0.2, -0.15) is 0 Å². The molecule has 1 saturated heterocycles. The van der Waals surface area contributed by atoms with Gasteiger partial charge in [0.15, 0.2) is 0 Å². The van der Waals surface area contributed by atoms with Crippen molar-refractivity contribution in [2.24, 2.45) is 5.92 Å². The van der Waals surface area contributed by atoms with Crippen LogP contribution in [0.2, 0.25) is 0 Å². The first-order valence-corrected chi connectivity index (χ1v) is 8.73. The molecule has 5 heteroatoms. The highest BCUT2D eigenvalue weighted by molar-refractivity contribution is 5.75. The Balaban J connectivity index is 1.92. The highest BCUT2D eigenvalue weighted by Gasteiger charge is 2.41. The molecular formula is C21H25NO4. The van der Waals surface area contributed by atoms with Crippen LogP contribution in [0.5, 0.6) is 11.5 Å². The lowest BCUT2D eigenvalue weighted by molar-refractivity contribution is -0.145. The summed E-state index contributed by atoms with van der Waals surface area (Å²) in [6.07, 6.45) is 0. The van der Waals surface area contributed by atoms with Crippen molar-refractivity contribution in [3.05, 3.63) is 59.7 Å². The van der Waals surface area contributed by atoms with Gasteiger partial charge in [-0.15, -0.1) is 0 Å². The fourth-order valence-corrected chi connectivity index (χ4v) is 3.78. The molecule has 2 atom stereocenters. The van der Waals surface area contributed by atoms with E-state index in [2.05, 4.69) is 17.0 Å². The van der Waals surface area contributed by atoms with Gasteiger partial charge >= 0.3 is 5.97 Å². The number of carbonyl (C=O) groups is 1. The van der Waals surface area contributed by atoms with E-state index in [0.29, 0.717) is 6.54 Å². The van der Waals surface area contributed by atoms with E-state index in [1.807, 2.05) is 36.4 Å². The number of esters is 1. The molecule has 0 amide bonds. The summed E-state index contributed by atoms with van der Waals surface area (Å²) in [7, 11) is 4.73. The predicted molar refractivity (Wildman–Crippen MR) is 99.5 cm³/mol. The Labute approximate surface area is 154 Å². The molecule has 0 aliphatic carbocycles. The number of rotatable bonds is 6. The van der Waals surface area contributed by atoms with E-state index >= 15 is 0 Å². The van der Waals surface area contributed by atoms with E-state index in [4.69, 9.17) is 14.2 Å². The third kappa shape index (κ3) is 3.68. The summed E-state index contributed by atoms with van der Waals surface area (Å²) in [5, 5.41) is 0. The molecule has 1 aliphatic heterocycles. The second kappa shape index (κ2) is 8.23. The molecule has 0 aromatic heterocycles. The average molecular weight is 355 g/mol. The van der Waals surface area contributed by atoms with Crippen LogP contribution < -0.4 is 9.47 Å². The van der Waals surface area contributed by atoms with Crippen molar-refractivity contribution in [2.45, 2.75) is 12.5 Å². The summed E-state index contributed by atoms with van der Waals surface area (Å²) in [5.41, 5.74) is 2.16. The Bertz CT molecular complexity index is 725. The molecule has 138 valence electrons. The molecule has 26 heavy (non-hydrogen) atoms. The van der Waals surface area contributed by atoms with E-state index in [9.17, 15) is 4.79 Å². The third-order valence-corrected chi connectivity index (χ3v) is 4.99. The third-order valence-electron chi connectivity index (χ3n) is 4.99. The van der Waals surface area contributed by atoms with Crippen LogP contribution in [0.25, 0.3) is 0 Å². The minimum atomic E-state index is -0.256. The second-order valence-corrected chi connectivity index (χ2v) is 6.49. The van der Waals surface area contributed by atoms with Crippen LogP contribution in [0.1, 0.15) is 17.0 Å². The Morgan fingerprint density at radius 1 is 0.962 bits per heavy atom. The SMILES string of the molecule is COC(=O)[C@H]1CN(Cc2ccccc2)C[C@@H]1c1c(OC)cccc1OC. The number of carbonyl (C=O) groups excluding carboxylic acids is 1. The lowest BCUT2D eigenvalue weighted by atomic mass is 9.87. The smallest absolute Gasteiger partial charge is 0.310 e. The summed E-state index contributed by atoms with van der Waals surface area (Å²) < 4.78 is 16.2. The molecule has 0 N–H and O–H groups in total. The first-order valence-electron chi connectivity index (χ1n) is 8.73. The molecule has 0 spiro atoms. The molecule has 1 aliphatic rings. The highest BCUT2D eigenvalue weighted by Crippen LogP contribution is 2.43. The minimum Gasteiger partial charge on any atom is -0.496 e. The van der Waals surface area contributed by atoms with Crippen molar-refractivity contribution in [1.82, 2.24) is 4.90 Å². The highest BCUT2D eigenvalue weighted by atomic mass is 16.5. The number of benzene rings is 2. The summed E-state index contributed by atoms with van der Waals surface area (Å²) in [6.45, 7) is 2.18. The molecule has 0 radical (unpaired) electrons. The van der Waals surface area contributed by atoms with Gasteiger partial charge in [0.05, 0.1) is 27.2 Å². The maximum absolute atomic E-state index is 12.5. The van der Waals surface area contributed by atoms with Crippen LogP contribution in [-0.4, -0.2) is 45.3 Å². The number of ether oxygens (including phenoxy) is 3. The monoisotopic (exact) mass is 355 g/mol. The van der Waals surface area contributed by atoms with Crippen LogP contribution in [0, 0.1) is 5.92 Å². The normalized spacial score (nSPS) is 20.0. The number of methoxy groups -OCH3 is 3. The molecule has 0 bridgehead atoms. The molecule has 1 fully saturated rings. The molecule has 0 saturated carbocycles. The van der Waals surface area contributed by atoms with Gasteiger partial charge in [0.25, 0.3) is 0 Å². The Morgan fingerprint density at radius 2 is 1.62 bits per heavy atom. The van der Waals surface area contributed by atoms with Crippen LogP contribution >= 0.6 is 0 Å². The van der Waals surface area contributed by atoms with Crippen molar-refractivity contribution in [3.63, 3.8) is 0 Å². The van der Waals surface area contributed by atoms with Gasteiger partial charge in [0.1, 0.15) is 11.5 Å². The summed E-state index contributed by atoms with van der Waals surface area (Å²) >= 11 is 0. The van der Waals surface area contributed by atoms with Crippen molar-refractivity contribution in [1.29, 1.82) is 0 Å². The Kier molecular flexibility index (Phi) is 5.78. The molecule has 1 heterocycles. The molecule has 2 aromatic rings. The Hall–Kier alpha value is -2.53. The van der Waals surface area contributed by atoms with Gasteiger partial charge in [-0.3, -0.25) is 9.69 Å². The zero-order chi connectivity index (χ0) is 18.5. The van der Waals surface area contributed by atoms with E-state index in [-0.39, 0.29) is 17.8 Å². The maximum Gasteiger partial charge on any atom is 0.310 e. The van der Waals surface area contributed by atoms with Crippen molar-refractivity contribution in [3.8, 4) is 11.5 Å². The van der Waals surface area contributed by atoms with E-state index in [0.717, 1.165) is 30.2 Å². The quantitative estimate of drug-likeness (QED) is 0.745. The van der Waals surface area contributed by atoms with Crippen LogP contribution in [0.4, 0.5) is 0 Å². The molecule has 5 nitrogen and oxygen atoms in total. The lowest BCUT2D eigenvalue weighted by Crippen LogP contribution is -2.24. The number of hydrogen-bond acceptors (Lipinski definition) is 5. The predicted octanol–water partition coefficient (Wildman–Crippen LogP) is 3.09. The molecule has 2 aromatic carbocycles. The average Bonchev–Trinajstić information content (AvgIpc) is 3.10. The lowest BCUT2D eigenvalue weighted by Gasteiger charge is -2.22. The van der Waals surface area contributed by atoms with Gasteiger partial charge in [-0.1, -0.05) is 36.4 Å². The van der Waals surface area contributed by atoms with E-state index < -0.39 is 0 Å². The second-order valence-electron chi connectivity index (χ2n) is 6.49. The number of nitrogens with zero attached hydrogens (tertiary/aromatic N) is 1. The summed E-state index contributed by atoms with van der Waals surface area (Å²) in [5.74, 6) is 0.985. The summed E-state index contributed by atoms with van der Waals surface area (Å²) in [4.78, 5) is 14.7.